The summed E-state index contributed by atoms with van der Waals surface area (Å²) in [5.41, 5.74) is 2.55. The van der Waals surface area contributed by atoms with Crippen LogP contribution in [0.5, 0.6) is 0 Å². The lowest BCUT2D eigenvalue weighted by Gasteiger charge is -2.29. The number of aliphatic hydroxyl groups is 1. The van der Waals surface area contributed by atoms with Gasteiger partial charge >= 0.3 is 0 Å². The first-order chi connectivity index (χ1) is 13.0. The predicted molar refractivity (Wildman–Crippen MR) is 96.6 cm³/mol. The summed E-state index contributed by atoms with van der Waals surface area (Å²) >= 11 is 0. The Labute approximate surface area is 157 Å². The molecule has 0 aromatic heterocycles. The van der Waals surface area contributed by atoms with Crippen LogP contribution in [0.3, 0.4) is 0 Å². The molecule has 1 aromatic carbocycles. The standard InChI is InChI=1S/C19H24N4O4/c24-16-9-20-6-5-14(16)21-8-11-1-2-13-12(7-11)10-23(19(13)27)15-3-4-17(25)22-18(15)26/h1-2,7,14-16,20-21,24H,3-6,8-10H2,(H,22,25,26)/t14-,15?,16-/m1/s1. The fourth-order valence-electron chi connectivity index (χ4n) is 4.07. The molecule has 3 aliphatic heterocycles. The van der Waals surface area contributed by atoms with E-state index >= 15 is 0 Å². The van der Waals surface area contributed by atoms with Crippen molar-refractivity contribution in [2.24, 2.45) is 0 Å². The van der Waals surface area contributed by atoms with Crippen molar-refractivity contribution in [3.8, 4) is 0 Å². The molecule has 4 rings (SSSR count). The highest BCUT2D eigenvalue weighted by Gasteiger charge is 2.39. The van der Waals surface area contributed by atoms with Crippen LogP contribution in [0, 0.1) is 0 Å². The van der Waals surface area contributed by atoms with Crippen molar-refractivity contribution in [3.05, 3.63) is 34.9 Å². The third-order valence-electron chi connectivity index (χ3n) is 5.61. The topological polar surface area (TPSA) is 111 Å². The lowest BCUT2D eigenvalue weighted by molar-refractivity contribution is -0.136. The van der Waals surface area contributed by atoms with Crippen LogP contribution < -0.4 is 16.0 Å². The van der Waals surface area contributed by atoms with E-state index in [4.69, 9.17) is 0 Å². The van der Waals surface area contributed by atoms with E-state index in [2.05, 4.69) is 16.0 Å². The number of nitrogens with zero attached hydrogens (tertiary/aromatic N) is 1. The Morgan fingerprint density at radius 1 is 1.22 bits per heavy atom. The Morgan fingerprint density at radius 2 is 2.07 bits per heavy atom. The first-order valence-electron chi connectivity index (χ1n) is 9.41. The summed E-state index contributed by atoms with van der Waals surface area (Å²) in [6.07, 6.45) is 1.09. The van der Waals surface area contributed by atoms with E-state index in [0.29, 0.717) is 31.6 Å². The molecule has 1 unspecified atom stereocenters. The van der Waals surface area contributed by atoms with Crippen LogP contribution in [0.15, 0.2) is 18.2 Å². The predicted octanol–water partition coefficient (Wildman–Crippen LogP) is -0.740. The number of rotatable bonds is 4. The molecule has 144 valence electrons. The molecular formula is C19H24N4O4. The van der Waals surface area contributed by atoms with E-state index in [-0.39, 0.29) is 24.3 Å². The van der Waals surface area contributed by atoms with Crippen LogP contribution in [0.25, 0.3) is 0 Å². The van der Waals surface area contributed by atoms with Gasteiger partial charge in [-0.1, -0.05) is 12.1 Å². The summed E-state index contributed by atoms with van der Waals surface area (Å²) in [6.45, 7) is 2.47. The number of amides is 3. The summed E-state index contributed by atoms with van der Waals surface area (Å²) in [7, 11) is 0. The average molecular weight is 372 g/mol. The highest BCUT2D eigenvalue weighted by Crippen LogP contribution is 2.28. The van der Waals surface area contributed by atoms with Gasteiger partial charge in [-0.15, -0.1) is 0 Å². The van der Waals surface area contributed by atoms with E-state index in [1.54, 1.807) is 11.0 Å². The van der Waals surface area contributed by atoms with Gasteiger partial charge in [-0.2, -0.15) is 0 Å². The number of imide groups is 1. The molecule has 2 fully saturated rings. The maximum Gasteiger partial charge on any atom is 0.255 e. The lowest BCUT2D eigenvalue weighted by atomic mass is 10.0. The highest BCUT2D eigenvalue weighted by molar-refractivity contribution is 6.05. The Hall–Kier alpha value is -2.29. The Kier molecular flexibility index (Phi) is 4.94. The molecule has 1 aromatic rings. The van der Waals surface area contributed by atoms with Gasteiger partial charge in [-0.25, -0.2) is 0 Å². The first kappa shape index (κ1) is 18.1. The molecule has 3 heterocycles. The quantitative estimate of drug-likeness (QED) is 0.518. The number of hydrogen-bond donors (Lipinski definition) is 4. The zero-order valence-electron chi connectivity index (χ0n) is 15.0. The maximum absolute atomic E-state index is 12.7. The number of piperidine rings is 2. The number of carbonyl (C=O) groups is 3. The maximum atomic E-state index is 12.7. The molecule has 3 aliphatic rings. The monoisotopic (exact) mass is 372 g/mol. The largest absolute Gasteiger partial charge is 0.390 e. The van der Waals surface area contributed by atoms with E-state index in [1.807, 2.05) is 12.1 Å². The van der Waals surface area contributed by atoms with Crippen molar-refractivity contribution in [2.45, 2.75) is 50.5 Å². The third kappa shape index (κ3) is 3.60. The summed E-state index contributed by atoms with van der Waals surface area (Å²) in [4.78, 5) is 37.7. The number of β-amino-alcohol motifs (C(OH)–C–C–N with tert-alkyl or cyclic N) is 1. The summed E-state index contributed by atoms with van der Waals surface area (Å²) < 4.78 is 0. The smallest absolute Gasteiger partial charge is 0.255 e. The van der Waals surface area contributed by atoms with Gasteiger partial charge in [-0.3, -0.25) is 19.7 Å². The molecule has 8 nitrogen and oxygen atoms in total. The second-order valence-corrected chi connectivity index (χ2v) is 7.44. The van der Waals surface area contributed by atoms with Gasteiger partial charge in [0.05, 0.1) is 6.10 Å². The minimum atomic E-state index is -0.589. The summed E-state index contributed by atoms with van der Waals surface area (Å²) in [6, 6.07) is 5.17. The van der Waals surface area contributed by atoms with Crippen LogP contribution in [0.2, 0.25) is 0 Å². The van der Waals surface area contributed by atoms with Gasteiger partial charge in [0, 0.05) is 37.7 Å². The number of aliphatic hydroxyl groups excluding tert-OH is 1. The molecule has 3 atom stereocenters. The number of fused-ring (bicyclic) bond motifs is 1. The van der Waals surface area contributed by atoms with Crippen molar-refractivity contribution in [3.63, 3.8) is 0 Å². The highest BCUT2D eigenvalue weighted by atomic mass is 16.3. The van der Waals surface area contributed by atoms with Crippen molar-refractivity contribution >= 4 is 17.7 Å². The number of benzene rings is 1. The normalized spacial score (nSPS) is 28.3. The van der Waals surface area contributed by atoms with Gasteiger partial charge in [0.2, 0.25) is 11.8 Å². The SMILES string of the molecule is O=C1CCC(N2Cc3cc(CN[C@@H]4CCNC[C@H]4O)ccc3C2=O)C(=O)N1. The second-order valence-electron chi connectivity index (χ2n) is 7.44. The Bertz CT molecular complexity index is 781. The molecule has 4 N–H and O–H groups in total. The average Bonchev–Trinajstić information content (AvgIpc) is 2.97. The minimum absolute atomic E-state index is 0.0566. The van der Waals surface area contributed by atoms with E-state index in [0.717, 1.165) is 24.1 Å². The van der Waals surface area contributed by atoms with E-state index in [1.165, 1.54) is 0 Å². The van der Waals surface area contributed by atoms with Gasteiger partial charge in [-0.05, 0) is 36.6 Å². The van der Waals surface area contributed by atoms with Crippen molar-refractivity contribution in [1.29, 1.82) is 0 Å². The van der Waals surface area contributed by atoms with Crippen LogP contribution in [-0.4, -0.2) is 59.0 Å². The Balaban J connectivity index is 1.43. The minimum Gasteiger partial charge on any atom is -0.390 e. The van der Waals surface area contributed by atoms with E-state index in [9.17, 15) is 19.5 Å². The molecule has 0 spiro atoms. The zero-order valence-corrected chi connectivity index (χ0v) is 15.0. The van der Waals surface area contributed by atoms with Crippen molar-refractivity contribution in [1.82, 2.24) is 20.9 Å². The lowest BCUT2D eigenvalue weighted by Crippen LogP contribution is -2.52. The second kappa shape index (κ2) is 7.38. The van der Waals surface area contributed by atoms with Crippen LogP contribution in [0.1, 0.15) is 40.7 Å². The Morgan fingerprint density at radius 3 is 2.85 bits per heavy atom. The van der Waals surface area contributed by atoms with Gasteiger partial charge in [0.1, 0.15) is 6.04 Å². The fraction of sp³-hybridized carbons (Fsp3) is 0.526. The van der Waals surface area contributed by atoms with Crippen LogP contribution in [0.4, 0.5) is 0 Å². The molecule has 0 aliphatic carbocycles. The first-order valence-corrected chi connectivity index (χ1v) is 9.41. The summed E-state index contributed by atoms with van der Waals surface area (Å²) in [5.74, 6) is -0.837. The van der Waals surface area contributed by atoms with Crippen molar-refractivity contribution in [2.75, 3.05) is 13.1 Å². The van der Waals surface area contributed by atoms with Crippen LogP contribution in [-0.2, 0) is 22.7 Å². The molecule has 8 heteroatoms. The fourth-order valence-corrected chi connectivity index (χ4v) is 4.07. The van der Waals surface area contributed by atoms with Gasteiger partial charge in [0.25, 0.3) is 5.91 Å². The van der Waals surface area contributed by atoms with Gasteiger partial charge < -0.3 is 20.6 Å². The molecule has 0 bridgehead atoms. The molecule has 2 saturated heterocycles. The van der Waals surface area contributed by atoms with Gasteiger partial charge in [0.15, 0.2) is 0 Å². The van der Waals surface area contributed by atoms with Crippen molar-refractivity contribution < 1.29 is 19.5 Å². The number of nitrogens with one attached hydrogen (secondary N) is 3. The molecule has 3 amide bonds. The van der Waals surface area contributed by atoms with Crippen LogP contribution >= 0.6 is 0 Å². The van der Waals surface area contributed by atoms with E-state index < -0.39 is 18.1 Å². The number of carbonyl (C=O) groups excluding carboxylic acids is 3. The zero-order chi connectivity index (χ0) is 19.0. The summed E-state index contributed by atoms with van der Waals surface area (Å²) in [5, 5.41) is 18.9. The molecular weight excluding hydrogens is 348 g/mol. The molecule has 0 radical (unpaired) electrons. The molecule has 27 heavy (non-hydrogen) atoms. The number of hydrogen-bond acceptors (Lipinski definition) is 6. The molecule has 0 saturated carbocycles. The third-order valence-corrected chi connectivity index (χ3v) is 5.61.